The maximum absolute atomic E-state index is 9.53. The van der Waals surface area contributed by atoms with Crippen molar-refractivity contribution in [3.05, 3.63) is 0 Å². The zero-order chi connectivity index (χ0) is 11.5. The Morgan fingerprint density at radius 2 is 1.87 bits per heavy atom. The second-order valence-electron chi connectivity index (χ2n) is 5.36. The molecule has 0 amide bonds. The fourth-order valence-electron chi connectivity index (χ4n) is 2.36. The molecule has 0 aromatic rings. The molecule has 0 heterocycles. The van der Waals surface area contributed by atoms with E-state index in [1.807, 2.05) is 0 Å². The van der Waals surface area contributed by atoms with E-state index >= 15 is 0 Å². The average molecular weight is 213 g/mol. The van der Waals surface area contributed by atoms with Crippen molar-refractivity contribution in [2.45, 2.75) is 52.5 Å². The van der Waals surface area contributed by atoms with Gasteiger partial charge in [-0.2, -0.15) is 0 Å². The van der Waals surface area contributed by atoms with Gasteiger partial charge in [-0.05, 0) is 45.6 Å². The predicted octanol–water partition coefficient (Wildman–Crippen LogP) is 2.52. The lowest BCUT2D eigenvalue weighted by Gasteiger charge is -2.36. The average Bonchev–Trinajstić information content (AvgIpc) is 3.08. The molecule has 15 heavy (non-hydrogen) atoms. The summed E-state index contributed by atoms with van der Waals surface area (Å²) in [5.41, 5.74) is 0.123. The summed E-state index contributed by atoms with van der Waals surface area (Å²) >= 11 is 0. The first kappa shape index (κ1) is 13.0. The van der Waals surface area contributed by atoms with Gasteiger partial charge < -0.3 is 10.0 Å². The second-order valence-corrected chi connectivity index (χ2v) is 5.36. The van der Waals surface area contributed by atoms with E-state index in [1.54, 1.807) is 0 Å². The summed E-state index contributed by atoms with van der Waals surface area (Å²) in [4.78, 5) is 2.45. The van der Waals surface area contributed by atoms with Gasteiger partial charge in [0.05, 0.1) is 0 Å². The number of aliphatic hydroxyl groups is 1. The highest BCUT2D eigenvalue weighted by atomic mass is 16.3. The van der Waals surface area contributed by atoms with E-state index in [4.69, 9.17) is 0 Å². The monoisotopic (exact) mass is 213 g/mol. The van der Waals surface area contributed by atoms with Crippen molar-refractivity contribution < 1.29 is 5.11 Å². The van der Waals surface area contributed by atoms with Gasteiger partial charge in [0.25, 0.3) is 0 Å². The third-order valence-corrected chi connectivity index (χ3v) is 4.42. The molecule has 1 rings (SSSR count). The van der Waals surface area contributed by atoms with Gasteiger partial charge in [-0.3, -0.25) is 0 Å². The number of hydrogen-bond donors (Lipinski definition) is 1. The molecule has 2 heteroatoms. The van der Waals surface area contributed by atoms with Crippen LogP contribution in [0.4, 0.5) is 0 Å². The van der Waals surface area contributed by atoms with Crippen molar-refractivity contribution in [1.82, 2.24) is 4.90 Å². The molecule has 0 saturated heterocycles. The molecule has 0 aromatic carbocycles. The molecular formula is C13H27NO. The first-order valence-electron chi connectivity index (χ1n) is 6.39. The number of rotatable bonds is 7. The van der Waals surface area contributed by atoms with Crippen LogP contribution in [0.5, 0.6) is 0 Å². The number of hydrogen-bond acceptors (Lipinski definition) is 2. The maximum atomic E-state index is 9.53. The normalized spacial score (nSPS) is 19.6. The van der Waals surface area contributed by atoms with Crippen LogP contribution in [0.2, 0.25) is 0 Å². The van der Waals surface area contributed by atoms with Crippen molar-refractivity contribution >= 4 is 0 Å². The zero-order valence-electron chi connectivity index (χ0n) is 10.8. The molecule has 0 radical (unpaired) electrons. The molecular weight excluding hydrogens is 186 g/mol. The summed E-state index contributed by atoms with van der Waals surface area (Å²) in [5.74, 6) is 0.917. The molecule has 0 aliphatic heterocycles. The van der Waals surface area contributed by atoms with Crippen LogP contribution in [-0.4, -0.2) is 36.2 Å². The Kier molecular flexibility index (Phi) is 4.60. The van der Waals surface area contributed by atoms with Gasteiger partial charge in [0, 0.05) is 24.6 Å². The Morgan fingerprint density at radius 1 is 1.33 bits per heavy atom. The van der Waals surface area contributed by atoms with E-state index in [0.29, 0.717) is 12.6 Å². The molecule has 1 aliphatic carbocycles. The van der Waals surface area contributed by atoms with E-state index < -0.39 is 0 Å². The van der Waals surface area contributed by atoms with Gasteiger partial charge >= 0.3 is 0 Å². The van der Waals surface area contributed by atoms with E-state index in [9.17, 15) is 5.11 Å². The van der Waals surface area contributed by atoms with Crippen LogP contribution in [-0.2, 0) is 0 Å². The van der Waals surface area contributed by atoms with E-state index in [1.165, 1.54) is 12.8 Å². The van der Waals surface area contributed by atoms with E-state index in [-0.39, 0.29) is 5.41 Å². The third-order valence-electron chi connectivity index (χ3n) is 4.42. The lowest BCUT2D eigenvalue weighted by Crippen LogP contribution is -2.42. The highest BCUT2D eigenvalue weighted by Crippen LogP contribution is 2.36. The first-order valence-corrected chi connectivity index (χ1v) is 6.39. The van der Waals surface area contributed by atoms with E-state index in [2.05, 4.69) is 32.7 Å². The van der Waals surface area contributed by atoms with Crippen LogP contribution in [0.1, 0.15) is 46.5 Å². The summed E-state index contributed by atoms with van der Waals surface area (Å²) in [6.07, 6.45) is 4.94. The van der Waals surface area contributed by atoms with Crippen LogP contribution in [0.15, 0.2) is 0 Å². The van der Waals surface area contributed by atoms with Crippen LogP contribution >= 0.6 is 0 Å². The van der Waals surface area contributed by atoms with Gasteiger partial charge in [-0.15, -0.1) is 0 Å². The molecule has 1 fully saturated rings. The molecule has 0 aromatic heterocycles. The van der Waals surface area contributed by atoms with Gasteiger partial charge in [0.1, 0.15) is 0 Å². The van der Waals surface area contributed by atoms with E-state index in [0.717, 1.165) is 25.3 Å². The lowest BCUT2D eigenvalue weighted by molar-refractivity contribution is 0.0586. The quantitative estimate of drug-likeness (QED) is 0.702. The Bertz CT molecular complexity index is 177. The minimum absolute atomic E-state index is 0.123. The largest absolute Gasteiger partial charge is 0.396 e. The highest BCUT2D eigenvalue weighted by molar-refractivity contribution is 4.87. The Labute approximate surface area is 94.7 Å². The summed E-state index contributed by atoms with van der Waals surface area (Å²) in [6.45, 7) is 8.06. The summed E-state index contributed by atoms with van der Waals surface area (Å²) < 4.78 is 0. The van der Waals surface area contributed by atoms with Gasteiger partial charge in [0.15, 0.2) is 0 Å². The second kappa shape index (κ2) is 5.31. The summed E-state index contributed by atoms with van der Waals surface area (Å²) in [7, 11) is 2.21. The predicted molar refractivity (Wildman–Crippen MR) is 64.9 cm³/mol. The minimum Gasteiger partial charge on any atom is -0.396 e. The SMILES string of the molecule is CCC(CC)(CO)CN(C)C(C)C1CC1. The fourth-order valence-corrected chi connectivity index (χ4v) is 2.36. The van der Waals surface area contributed by atoms with Crippen molar-refractivity contribution in [2.24, 2.45) is 11.3 Å². The topological polar surface area (TPSA) is 23.5 Å². The van der Waals surface area contributed by atoms with Gasteiger partial charge in [-0.25, -0.2) is 0 Å². The maximum Gasteiger partial charge on any atom is 0.0499 e. The summed E-state index contributed by atoms with van der Waals surface area (Å²) in [6, 6.07) is 0.689. The highest BCUT2D eigenvalue weighted by Gasteiger charge is 2.34. The van der Waals surface area contributed by atoms with Crippen molar-refractivity contribution in [3.63, 3.8) is 0 Å². The zero-order valence-corrected chi connectivity index (χ0v) is 10.8. The lowest BCUT2D eigenvalue weighted by atomic mass is 9.82. The number of aliphatic hydroxyl groups excluding tert-OH is 1. The van der Waals surface area contributed by atoms with Crippen LogP contribution in [0.3, 0.4) is 0 Å². The van der Waals surface area contributed by atoms with Crippen molar-refractivity contribution in [2.75, 3.05) is 20.2 Å². The fraction of sp³-hybridized carbons (Fsp3) is 1.00. The minimum atomic E-state index is 0.123. The molecule has 0 bridgehead atoms. The molecule has 0 spiro atoms. The van der Waals surface area contributed by atoms with Gasteiger partial charge in [0.2, 0.25) is 0 Å². The van der Waals surface area contributed by atoms with Crippen LogP contribution < -0.4 is 0 Å². The molecule has 1 saturated carbocycles. The van der Waals surface area contributed by atoms with Crippen LogP contribution in [0.25, 0.3) is 0 Å². The molecule has 1 aliphatic rings. The standard InChI is InChI=1S/C13H27NO/c1-5-13(6-2,10-15)9-14(4)11(3)12-7-8-12/h11-12,15H,5-10H2,1-4H3. The smallest absolute Gasteiger partial charge is 0.0499 e. The molecule has 1 unspecified atom stereocenters. The Balaban J connectivity index is 2.48. The summed E-state index contributed by atoms with van der Waals surface area (Å²) in [5, 5.41) is 9.53. The molecule has 90 valence electrons. The molecule has 1 atom stereocenters. The van der Waals surface area contributed by atoms with Crippen molar-refractivity contribution in [1.29, 1.82) is 0 Å². The third kappa shape index (κ3) is 3.18. The van der Waals surface area contributed by atoms with Gasteiger partial charge in [-0.1, -0.05) is 13.8 Å². The molecule has 1 N–H and O–H groups in total. The Morgan fingerprint density at radius 3 is 2.20 bits per heavy atom. The van der Waals surface area contributed by atoms with Crippen molar-refractivity contribution in [3.8, 4) is 0 Å². The first-order chi connectivity index (χ1) is 7.08. The molecule has 2 nitrogen and oxygen atoms in total. The number of nitrogens with zero attached hydrogens (tertiary/aromatic N) is 1. The Hall–Kier alpha value is -0.0800. The van der Waals surface area contributed by atoms with Crippen LogP contribution in [0, 0.1) is 11.3 Å².